The van der Waals surface area contributed by atoms with Gasteiger partial charge in [-0.1, -0.05) is 12.1 Å². The van der Waals surface area contributed by atoms with Crippen LogP contribution in [0.2, 0.25) is 0 Å². The third-order valence-corrected chi connectivity index (χ3v) is 3.85. The first-order valence-corrected chi connectivity index (χ1v) is 8.37. The van der Waals surface area contributed by atoms with Gasteiger partial charge in [0.15, 0.2) is 0 Å². The number of carbonyl (C=O) groups is 1. The van der Waals surface area contributed by atoms with Crippen LogP contribution in [-0.2, 0) is 6.18 Å². The molecule has 0 saturated carbocycles. The highest BCUT2D eigenvalue weighted by molar-refractivity contribution is 6.04. The van der Waals surface area contributed by atoms with E-state index < -0.39 is 17.6 Å². The fourth-order valence-electron chi connectivity index (χ4n) is 2.51. The zero-order valence-electron chi connectivity index (χ0n) is 15.1. The molecule has 1 heterocycles. The van der Waals surface area contributed by atoms with Crippen LogP contribution in [0, 0.1) is 18.3 Å². The van der Waals surface area contributed by atoms with E-state index in [2.05, 4.69) is 20.6 Å². The minimum atomic E-state index is -4.42. The van der Waals surface area contributed by atoms with Crippen molar-refractivity contribution >= 4 is 23.1 Å². The number of alkyl halides is 3. The normalized spacial score (nSPS) is 10.9. The Balaban J connectivity index is 1.81. The molecule has 1 aromatic heterocycles. The van der Waals surface area contributed by atoms with Crippen LogP contribution < -0.4 is 10.6 Å². The first kappa shape index (κ1) is 19.8. The van der Waals surface area contributed by atoms with Gasteiger partial charge in [0, 0.05) is 11.8 Å². The number of carbonyl (C=O) groups excluding carboxylic acids is 1. The Morgan fingerprint density at radius 3 is 2.41 bits per heavy atom. The molecule has 0 saturated heterocycles. The van der Waals surface area contributed by atoms with Gasteiger partial charge in [-0.05, 0) is 43.3 Å². The monoisotopic (exact) mass is 397 g/mol. The van der Waals surface area contributed by atoms with E-state index >= 15 is 0 Å². The average Bonchev–Trinajstić information content (AvgIpc) is 2.67. The second-order valence-electron chi connectivity index (χ2n) is 6.00. The van der Waals surface area contributed by atoms with Crippen molar-refractivity contribution in [1.29, 1.82) is 5.26 Å². The van der Waals surface area contributed by atoms with Gasteiger partial charge in [0.25, 0.3) is 5.91 Å². The molecule has 0 aliphatic heterocycles. The number of hydrogen-bond donors (Lipinski definition) is 2. The molecular weight excluding hydrogens is 383 g/mol. The predicted octanol–water partition coefficient (Wildman–Crippen LogP) is 4.67. The van der Waals surface area contributed by atoms with Crippen LogP contribution in [0.25, 0.3) is 0 Å². The van der Waals surface area contributed by atoms with E-state index in [-0.39, 0.29) is 11.5 Å². The molecule has 0 spiro atoms. The highest BCUT2D eigenvalue weighted by Crippen LogP contribution is 2.30. The molecule has 1 amide bonds. The zero-order chi connectivity index (χ0) is 21.0. The van der Waals surface area contributed by atoms with Crippen LogP contribution in [0.15, 0.2) is 54.6 Å². The predicted molar refractivity (Wildman–Crippen MR) is 101 cm³/mol. The van der Waals surface area contributed by atoms with E-state index in [0.29, 0.717) is 22.8 Å². The summed E-state index contributed by atoms with van der Waals surface area (Å²) < 4.78 is 38.0. The van der Waals surface area contributed by atoms with Crippen LogP contribution in [0.4, 0.5) is 30.4 Å². The number of nitriles is 1. The molecule has 0 aliphatic rings. The third-order valence-electron chi connectivity index (χ3n) is 3.85. The van der Waals surface area contributed by atoms with Gasteiger partial charge in [-0.3, -0.25) is 4.79 Å². The summed E-state index contributed by atoms with van der Waals surface area (Å²) in [6.45, 7) is 1.58. The van der Waals surface area contributed by atoms with Gasteiger partial charge in [-0.2, -0.15) is 18.4 Å². The lowest BCUT2D eigenvalue weighted by molar-refractivity contribution is -0.137. The third kappa shape index (κ3) is 4.87. The molecule has 2 N–H and O–H groups in total. The first-order chi connectivity index (χ1) is 13.8. The molecule has 29 heavy (non-hydrogen) atoms. The van der Waals surface area contributed by atoms with Crippen molar-refractivity contribution in [2.75, 3.05) is 10.6 Å². The van der Waals surface area contributed by atoms with E-state index in [1.165, 1.54) is 18.2 Å². The number of nitrogens with one attached hydrogen (secondary N) is 2. The van der Waals surface area contributed by atoms with E-state index in [0.717, 1.165) is 12.1 Å². The summed E-state index contributed by atoms with van der Waals surface area (Å²) in [5.41, 5.74) is 0.290. The van der Waals surface area contributed by atoms with Crippen LogP contribution in [-0.4, -0.2) is 15.9 Å². The van der Waals surface area contributed by atoms with Crippen LogP contribution in [0.3, 0.4) is 0 Å². The van der Waals surface area contributed by atoms with Crippen molar-refractivity contribution in [3.05, 3.63) is 77.2 Å². The maximum absolute atomic E-state index is 12.7. The number of aromatic nitrogens is 2. The van der Waals surface area contributed by atoms with Crippen molar-refractivity contribution in [2.45, 2.75) is 13.1 Å². The quantitative estimate of drug-likeness (QED) is 0.668. The summed E-state index contributed by atoms with van der Waals surface area (Å²) >= 11 is 0. The summed E-state index contributed by atoms with van der Waals surface area (Å²) in [6.07, 6.45) is -4.42. The van der Waals surface area contributed by atoms with E-state index in [1.54, 1.807) is 31.2 Å². The summed E-state index contributed by atoms with van der Waals surface area (Å²) in [6, 6.07) is 14.3. The molecular formula is C20H14F3N5O. The van der Waals surface area contributed by atoms with E-state index in [9.17, 15) is 18.0 Å². The molecule has 0 atom stereocenters. The molecule has 0 unspecified atom stereocenters. The molecule has 2 aromatic carbocycles. The number of amides is 1. The van der Waals surface area contributed by atoms with Gasteiger partial charge in [0.1, 0.15) is 23.4 Å². The van der Waals surface area contributed by atoms with Crippen LogP contribution in [0.5, 0.6) is 0 Å². The lowest BCUT2D eigenvalue weighted by Gasteiger charge is -2.11. The van der Waals surface area contributed by atoms with Crippen molar-refractivity contribution in [3.63, 3.8) is 0 Å². The molecule has 146 valence electrons. The van der Waals surface area contributed by atoms with Gasteiger partial charge in [0.05, 0.1) is 16.8 Å². The Labute approximate surface area is 164 Å². The fraction of sp³-hybridized carbons (Fsp3) is 0.100. The van der Waals surface area contributed by atoms with Gasteiger partial charge in [-0.15, -0.1) is 0 Å². The first-order valence-electron chi connectivity index (χ1n) is 8.37. The molecule has 0 fully saturated rings. The van der Waals surface area contributed by atoms with Crippen molar-refractivity contribution < 1.29 is 18.0 Å². The second-order valence-corrected chi connectivity index (χ2v) is 6.00. The minimum absolute atomic E-state index is 0.0413. The van der Waals surface area contributed by atoms with Gasteiger partial charge in [0.2, 0.25) is 0 Å². The maximum Gasteiger partial charge on any atom is 0.416 e. The molecule has 0 radical (unpaired) electrons. The summed E-state index contributed by atoms with van der Waals surface area (Å²) in [5, 5.41) is 14.6. The summed E-state index contributed by atoms with van der Waals surface area (Å²) in [7, 11) is 0. The van der Waals surface area contributed by atoms with E-state index in [4.69, 9.17) is 5.26 Å². The lowest BCUT2D eigenvalue weighted by Crippen LogP contribution is -2.16. The Morgan fingerprint density at radius 1 is 1.07 bits per heavy atom. The number of anilines is 3. The van der Waals surface area contributed by atoms with E-state index in [1.807, 2.05) is 6.07 Å². The molecule has 3 rings (SSSR count). The van der Waals surface area contributed by atoms with Crippen molar-refractivity contribution in [2.24, 2.45) is 0 Å². The topological polar surface area (TPSA) is 90.7 Å². The number of benzene rings is 2. The largest absolute Gasteiger partial charge is 0.416 e. The number of hydrogen-bond acceptors (Lipinski definition) is 5. The molecule has 0 bridgehead atoms. The van der Waals surface area contributed by atoms with Crippen LogP contribution >= 0.6 is 0 Å². The average molecular weight is 397 g/mol. The SMILES string of the molecule is Cc1nc(Nc2ccc(C(F)(F)F)cc2)cc(C(=O)Nc2ccccc2C#N)n1. The standard InChI is InChI=1S/C20H14F3N5O/c1-12-25-17(19(29)28-16-5-3-2-4-13(16)11-24)10-18(26-12)27-15-8-6-14(7-9-15)20(21,22)23/h2-10H,1H3,(H,28,29)(H,25,26,27). The van der Waals surface area contributed by atoms with Gasteiger partial charge in [-0.25, -0.2) is 9.97 Å². The number of para-hydroxylation sites is 1. The maximum atomic E-state index is 12.7. The zero-order valence-corrected chi connectivity index (χ0v) is 15.1. The van der Waals surface area contributed by atoms with Crippen LogP contribution in [0.1, 0.15) is 27.4 Å². The van der Waals surface area contributed by atoms with Crippen molar-refractivity contribution in [3.8, 4) is 6.07 Å². The van der Waals surface area contributed by atoms with Gasteiger partial charge >= 0.3 is 6.18 Å². The summed E-state index contributed by atoms with van der Waals surface area (Å²) in [5.74, 6) is -0.00900. The highest BCUT2D eigenvalue weighted by atomic mass is 19.4. The highest BCUT2D eigenvalue weighted by Gasteiger charge is 2.29. The smallest absolute Gasteiger partial charge is 0.340 e. The Hall–Kier alpha value is -3.93. The Kier molecular flexibility index (Phi) is 5.45. The molecule has 9 heteroatoms. The fourth-order valence-corrected chi connectivity index (χ4v) is 2.51. The van der Waals surface area contributed by atoms with Crippen molar-refractivity contribution in [1.82, 2.24) is 9.97 Å². The Morgan fingerprint density at radius 2 is 1.76 bits per heavy atom. The molecule has 0 aliphatic carbocycles. The summed E-state index contributed by atoms with van der Waals surface area (Å²) in [4.78, 5) is 20.8. The molecule has 6 nitrogen and oxygen atoms in total. The lowest BCUT2D eigenvalue weighted by atomic mass is 10.2. The second kappa shape index (κ2) is 7.98. The number of rotatable bonds is 4. The minimum Gasteiger partial charge on any atom is -0.340 e. The number of halogens is 3. The molecule has 3 aromatic rings. The number of nitrogens with zero attached hydrogens (tertiary/aromatic N) is 3. The Bertz CT molecular complexity index is 1090. The number of aryl methyl sites for hydroxylation is 1. The van der Waals surface area contributed by atoms with Gasteiger partial charge < -0.3 is 10.6 Å².